The van der Waals surface area contributed by atoms with Crippen LogP contribution in [0.1, 0.15) is 100.0 Å². The fourth-order valence-electron chi connectivity index (χ4n) is 7.19. The van der Waals surface area contributed by atoms with Gasteiger partial charge in [-0.05, 0) is 98.9 Å². The normalized spacial score (nSPS) is 15.5. The van der Waals surface area contributed by atoms with Crippen LogP contribution in [0, 0.1) is 0 Å². The molecule has 0 bridgehead atoms. The molecular weight excluding hydrogens is 586 g/mol. The SMILES string of the molecule is CCCCCCc1cc(CCCCCC)cc(C2(C)c3ccccc3-c3ccc(-c4ncc(Br)c5ccccc45)cc32)c1. The van der Waals surface area contributed by atoms with Gasteiger partial charge in [-0.25, -0.2) is 0 Å². The van der Waals surface area contributed by atoms with Crippen molar-refractivity contribution < 1.29 is 0 Å². The van der Waals surface area contributed by atoms with E-state index in [1.807, 2.05) is 6.20 Å². The number of hydrogen-bond acceptors (Lipinski definition) is 1. The minimum absolute atomic E-state index is 0.231. The Hall–Kier alpha value is -3.23. The third kappa shape index (κ3) is 5.84. The van der Waals surface area contributed by atoms with Gasteiger partial charge in [-0.3, -0.25) is 4.98 Å². The predicted molar refractivity (Wildman–Crippen MR) is 188 cm³/mol. The van der Waals surface area contributed by atoms with Gasteiger partial charge in [-0.2, -0.15) is 0 Å². The first-order valence-corrected chi connectivity index (χ1v) is 17.2. The van der Waals surface area contributed by atoms with Crippen LogP contribution in [0.5, 0.6) is 0 Å². The molecule has 4 aromatic carbocycles. The molecule has 220 valence electrons. The van der Waals surface area contributed by atoms with E-state index in [1.165, 1.54) is 107 Å². The summed E-state index contributed by atoms with van der Waals surface area (Å²) in [6, 6.07) is 32.3. The molecular formula is C41H44BrN. The minimum Gasteiger partial charge on any atom is -0.254 e. The van der Waals surface area contributed by atoms with Crippen LogP contribution < -0.4 is 0 Å². The molecule has 1 nitrogen and oxygen atoms in total. The van der Waals surface area contributed by atoms with E-state index in [0.29, 0.717) is 0 Å². The Bertz CT molecular complexity index is 1700. The molecule has 0 radical (unpaired) electrons. The maximum atomic E-state index is 4.95. The summed E-state index contributed by atoms with van der Waals surface area (Å²) >= 11 is 3.73. The Labute approximate surface area is 266 Å². The molecule has 1 heterocycles. The van der Waals surface area contributed by atoms with Gasteiger partial charge in [-0.15, -0.1) is 0 Å². The third-order valence-electron chi connectivity index (χ3n) is 9.60. The molecule has 1 unspecified atom stereocenters. The minimum atomic E-state index is -0.231. The van der Waals surface area contributed by atoms with Crippen LogP contribution in [0.3, 0.4) is 0 Å². The maximum absolute atomic E-state index is 4.95. The summed E-state index contributed by atoms with van der Waals surface area (Å²) in [5, 5.41) is 2.38. The fraction of sp³-hybridized carbons (Fsp3) is 0.341. The van der Waals surface area contributed by atoms with Gasteiger partial charge in [0.25, 0.3) is 0 Å². The molecule has 0 fully saturated rings. The van der Waals surface area contributed by atoms with Crippen LogP contribution in [-0.4, -0.2) is 4.98 Å². The van der Waals surface area contributed by atoms with Crippen LogP contribution in [-0.2, 0) is 18.3 Å². The number of halogens is 1. The van der Waals surface area contributed by atoms with Crippen molar-refractivity contribution in [3.8, 4) is 22.4 Å². The zero-order chi connectivity index (χ0) is 29.8. The number of hydrogen-bond donors (Lipinski definition) is 0. The van der Waals surface area contributed by atoms with Crippen molar-refractivity contribution in [3.63, 3.8) is 0 Å². The van der Waals surface area contributed by atoms with Crippen molar-refractivity contribution in [3.05, 3.63) is 123 Å². The lowest BCUT2D eigenvalue weighted by Gasteiger charge is -2.30. The van der Waals surface area contributed by atoms with Crippen molar-refractivity contribution in [1.82, 2.24) is 4.98 Å². The lowest BCUT2D eigenvalue weighted by molar-refractivity contribution is 0.656. The molecule has 1 aromatic heterocycles. The van der Waals surface area contributed by atoms with E-state index >= 15 is 0 Å². The highest BCUT2D eigenvalue weighted by Crippen LogP contribution is 2.53. The van der Waals surface area contributed by atoms with Gasteiger partial charge in [0.2, 0.25) is 0 Å². The van der Waals surface area contributed by atoms with E-state index in [0.717, 1.165) is 23.0 Å². The molecule has 0 saturated carbocycles. The van der Waals surface area contributed by atoms with Gasteiger partial charge in [0, 0.05) is 27.0 Å². The van der Waals surface area contributed by atoms with Gasteiger partial charge in [0.15, 0.2) is 0 Å². The standard InChI is InChI=1S/C41H44BrN/c1-4-6-8-10-16-29-24-30(17-11-9-7-5-2)26-32(25-29)41(3)37-21-15-14-18-33(37)34-23-22-31(27-38(34)41)40-36-20-13-12-19-35(36)39(42)28-43-40/h12-15,18-28H,4-11,16-17H2,1-3H3. The first-order valence-electron chi connectivity index (χ1n) is 16.5. The van der Waals surface area contributed by atoms with E-state index in [9.17, 15) is 0 Å². The Morgan fingerprint density at radius 1 is 0.628 bits per heavy atom. The summed E-state index contributed by atoms with van der Waals surface area (Å²) in [7, 11) is 0. The highest BCUT2D eigenvalue weighted by Gasteiger charge is 2.41. The molecule has 5 aromatic rings. The largest absolute Gasteiger partial charge is 0.254 e. The summed E-state index contributed by atoms with van der Waals surface area (Å²) < 4.78 is 1.03. The van der Waals surface area contributed by atoms with Crippen LogP contribution in [0.4, 0.5) is 0 Å². The molecule has 0 amide bonds. The molecule has 1 atom stereocenters. The summed E-state index contributed by atoms with van der Waals surface area (Å²) in [4.78, 5) is 4.95. The first-order chi connectivity index (χ1) is 21.0. The highest BCUT2D eigenvalue weighted by molar-refractivity contribution is 9.10. The average Bonchev–Trinajstić information content (AvgIpc) is 3.30. The van der Waals surface area contributed by atoms with E-state index in [4.69, 9.17) is 4.98 Å². The van der Waals surface area contributed by atoms with Crippen molar-refractivity contribution in [2.75, 3.05) is 0 Å². The number of aryl methyl sites for hydroxylation is 2. The molecule has 2 heteroatoms. The fourth-order valence-corrected chi connectivity index (χ4v) is 7.64. The molecule has 0 spiro atoms. The van der Waals surface area contributed by atoms with E-state index < -0.39 is 0 Å². The van der Waals surface area contributed by atoms with Crippen molar-refractivity contribution in [2.24, 2.45) is 0 Å². The second kappa shape index (κ2) is 13.2. The van der Waals surface area contributed by atoms with Gasteiger partial charge < -0.3 is 0 Å². The van der Waals surface area contributed by atoms with Crippen LogP contribution >= 0.6 is 15.9 Å². The van der Waals surface area contributed by atoms with Gasteiger partial charge in [0.1, 0.15) is 0 Å². The number of rotatable bonds is 12. The second-order valence-corrected chi connectivity index (χ2v) is 13.4. The zero-order valence-corrected chi connectivity index (χ0v) is 27.6. The zero-order valence-electron chi connectivity index (χ0n) is 26.1. The number of benzene rings is 4. The molecule has 6 rings (SSSR count). The maximum Gasteiger partial charge on any atom is 0.0781 e. The van der Waals surface area contributed by atoms with Crippen molar-refractivity contribution in [2.45, 2.75) is 90.4 Å². The summed E-state index contributed by atoms with van der Waals surface area (Å²) in [5.41, 5.74) is 11.9. The molecule has 1 aliphatic rings. The third-order valence-corrected chi connectivity index (χ3v) is 10.2. The van der Waals surface area contributed by atoms with E-state index in [2.05, 4.69) is 122 Å². The van der Waals surface area contributed by atoms with Gasteiger partial charge in [0.05, 0.1) is 5.69 Å². The molecule has 0 saturated heterocycles. The number of pyridine rings is 1. The topological polar surface area (TPSA) is 12.9 Å². The van der Waals surface area contributed by atoms with E-state index in [1.54, 1.807) is 0 Å². The lowest BCUT2D eigenvalue weighted by Crippen LogP contribution is -2.23. The van der Waals surface area contributed by atoms with Crippen molar-refractivity contribution >= 4 is 26.7 Å². The smallest absolute Gasteiger partial charge is 0.0781 e. The van der Waals surface area contributed by atoms with Gasteiger partial charge >= 0.3 is 0 Å². The Morgan fingerprint density at radius 2 is 1.26 bits per heavy atom. The summed E-state index contributed by atoms with van der Waals surface area (Å²) in [5.74, 6) is 0. The number of nitrogens with zero attached hydrogens (tertiary/aromatic N) is 1. The number of fused-ring (bicyclic) bond motifs is 4. The monoisotopic (exact) mass is 629 g/mol. The van der Waals surface area contributed by atoms with Crippen LogP contribution in [0.15, 0.2) is 95.6 Å². The first kappa shape index (κ1) is 29.8. The number of unbranched alkanes of at least 4 members (excludes halogenated alkanes) is 6. The summed E-state index contributed by atoms with van der Waals surface area (Å²) in [6.45, 7) is 7.06. The van der Waals surface area contributed by atoms with E-state index in [-0.39, 0.29) is 5.41 Å². The molecule has 43 heavy (non-hydrogen) atoms. The quantitative estimate of drug-likeness (QED) is 0.125. The molecule has 1 aliphatic carbocycles. The predicted octanol–water partition coefficient (Wildman–Crippen LogP) is 12.2. The van der Waals surface area contributed by atoms with Crippen molar-refractivity contribution in [1.29, 1.82) is 0 Å². The average molecular weight is 631 g/mol. The van der Waals surface area contributed by atoms with Gasteiger partial charge in [-0.1, -0.05) is 131 Å². The van der Waals surface area contributed by atoms with Crippen LogP contribution in [0.25, 0.3) is 33.2 Å². The molecule has 0 N–H and O–H groups in total. The number of aromatic nitrogens is 1. The van der Waals surface area contributed by atoms with Crippen LogP contribution in [0.2, 0.25) is 0 Å². The Morgan fingerprint density at radius 3 is 1.95 bits per heavy atom. The highest BCUT2D eigenvalue weighted by atomic mass is 79.9. The Balaban J connectivity index is 1.48. The molecule has 0 aliphatic heterocycles. The Kier molecular flexibility index (Phi) is 9.14. The second-order valence-electron chi connectivity index (χ2n) is 12.6. The summed E-state index contributed by atoms with van der Waals surface area (Å²) in [6.07, 6.45) is 14.6. The lowest BCUT2D eigenvalue weighted by atomic mass is 9.72.